The van der Waals surface area contributed by atoms with Crippen LogP contribution in [0.15, 0.2) is 71.9 Å². The summed E-state index contributed by atoms with van der Waals surface area (Å²) in [6, 6.07) is 3.67. The van der Waals surface area contributed by atoms with Crippen molar-refractivity contribution in [3.05, 3.63) is 71.9 Å². The Kier molecular flexibility index (Phi) is 22.6. The maximum atomic E-state index is 14.5. The number of nitrogens with one attached hydrogen (secondary N) is 1. The Morgan fingerprint density at radius 2 is 1.61 bits per heavy atom. The summed E-state index contributed by atoms with van der Waals surface area (Å²) in [4.78, 5) is 58.5. The predicted molar refractivity (Wildman–Crippen MR) is 274 cm³/mol. The van der Waals surface area contributed by atoms with Gasteiger partial charge in [-0.3, -0.25) is 14.4 Å². The third-order valence-corrected chi connectivity index (χ3v) is 15.7. The fourth-order valence-electron chi connectivity index (χ4n) is 11.2. The van der Waals surface area contributed by atoms with Crippen molar-refractivity contribution in [2.45, 2.75) is 193 Å². The van der Waals surface area contributed by atoms with E-state index in [1.165, 1.54) is 30.2 Å². The van der Waals surface area contributed by atoms with Gasteiger partial charge in [0.05, 0.1) is 18.3 Å². The van der Waals surface area contributed by atoms with E-state index in [2.05, 4.69) is 10.1 Å². The molecule has 17 heteroatoms. The molecular weight excluding hydrogens is 962 g/mol. The maximum Gasteiger partial charge on any atom is 0.573 e. The number of hydrogen-bond acceptors (Lipinski definition) is 13. The number of methoxy groups -OCH3 is 2. The zero-order valence-electron chi connectivity index (χ0n) is 44.9. The van der Waals surface area contributed by atoms with Gasteiger partial charge < -0.3 is 49.2 Å². The molecule has 414 valence electrons. The van der Waals surface area contributed by atoms with Gasteiger partial charge in [0, 0.05) is 50.4 Å². The van der Waals surface area contributed by atoms with Crippen molar-refractivity contribution in [3.8, 4) is 5.75 Å². The highest BCUT2D eigenvalue weighted by Crippen LogP contribution is 2.38. The van der Waals surface area contributed by atoms with Crippen LogP contribution >= 0.6 is 0 Å². The van der Waals surface area contributed by atoms with Crippen molar-refractivity contribution in [2.24, 2.45) is 35.5 Å². The molecule has 5 rings (SSSR count). The molecule has 1 aliphatic carbocycles. The van der Waals surface area contributed by atoms with Crippen LogP contribution in [0.2, 0.25) is 0 Å². The van der Waals surface area contributed by atoms with E-state index < -0.39 is 90.0 Å². The first-order valence-corrected chi connectivity index (χ1v) is 26.7. The molecule has 1 amide bonds. The Hall–Kier alpha value is -4.39. The molecule has 3 aliphatic heterocycles. The summed E-state index contributed by atoms with van der Waals surface area (Å²) in [5, 5.41) is 37.5. The van der Waals surface area contributed by atoms with E-state index in [9.17, 15) is 47.7 Å². The number of nitrogens with zero attached hydrogens (tertiary/aromatic N) is 1. The van der Waals surface area contributed by atoms with Crippen LogP contribution in [0, 0.1) is 35.5 Å². The van der Waals surface area contributed by atoms with Gasteiger partial charge in [0.2, 0.25) is 5.79 Å². The molecular formula is C57H83F3N2O12. The Labute approximate surface area is 436 Å². The van der Waals surface area contributed by atoms with E-state index >= 15 is 0 Å². The van der Waals surface area contributed by atoms with E-state index in [-0.39, 0.29) is 54.9 Å². The molecule has 1 aromatic rings. The largest absolute Gasteiger partial charge is 0.573 e. The highest BCUT2D eigenvalue weighted by atomic mass is 19.4. The SMILES string of the molecule is COC1CC(C[C@@H](C)[C@@H]2CC[C@H](C)/C=C(\C)C(O)[C@@H](OC)C(=O)C(C)C[C@H](C)/C=C/C=C/C=C(\C)C(Nc3cccc(OC(F)(F)F)c3)CC3CCC(C)C(O)(O3)C(=O)C(=O)N3CCCCC3C(=O)O2)CC[C@H]1O. The Balaban J connectivity index is 1.49. The van der Waals surface area contributed by atoms with Crippen molar-refractivity contribution in [3.63, 3.8) is 0 Å². The van der Waals surface area contributed by atoms with Gasteiger partial charge in [-0.25, -0.2) is 4.79 Å². The van der Waals surface area contributed by atoms with Gasteiger partial charge in [0.25, 0.3) is 11.7 Å². The lowest BCUT2D eigenvalue weighted by molar-refractivity contribution is -0.274. The van der Waals surface area contributed by atoms with Crippen molar-refractivity contribution >= 4 is 29.1 Å². The van der Waals surface area contributed by atoms with Gasteiger partial charge in [-0.05, 0) is 139 Å². The van der Waals surface area contributed by atoms with Gasteiger partial charge in [-0.15, -0.1) is 13.2 Å². The first kappa shape index (κ1) is 60.5. The average molecular weight is 1050 g/mol. The molecule has 0 aromatic heterocycles. The van der Waals surface area contributed by atoms with Gasteiger partial charge in [0.1, 0.15) is 30.1 Å². The second kappa shape index (κ2) is 27.6. The van der Waals surface area contributed by atoms with Gasteiger partial charge in [0.15, 0.2) is 5.78 Å². The first-order chi connectivity index (χ1) is 34.9. The van der Waals surface area contributed by atoms with Gasteiger partial charge >= 0.3 is 12.3 Å². The molecule has 0 radical (unpaired) electrons. The number of hydrogen-bond donors (Lipinski definition) is 4. The number of carbonyl (C=O) groups is 4. The summed E-state index contributed by atoms with van der Waals surface area (Å²) in [7, 11) is 2.99. The summed E-state index contributed by atoms with van der Waals surface area (Å²) in [5.74, 6) is -7.53. The second-order valence-electron chi connectivity index (χ2n) is 21.7. The number of carbonyl (C=O) groups excluding carboxylic acids is 4. The van der Waals surface area contributed by atoms with Crippen molar-refractivity contribution in [1.29, 1.82) is 0 Å². The van der Waals surface area contributed by atoms with Crippen LogP contribution in [0.4, 0.5) is 18.9 Å². The molecule has 4 N–H and O–H groups in total. The lowest BCUT2D eigenvalue weighted by atomic mass is 9.78. The Morgan fingerprint density at radius 3 is 2.31 bits per heavy atom. The van der Waals surface area contributed by atoms with Gasteiger partial charge in [-0.2, -0.15) is 0 Å². The molecule has 15 atom stereocenters. The van der Waals surface area contributed by atoms with E-state index in [1.54, 1.807) is 33.1 Å². The Morgan fingerprint density at radius 1 is 0.865 bits per heavy atom. The fourth-order valence-corrected chi connectivity index (χ4v) is 11.2. The normalized spacial score (nSPS) is 37.0. The maximum absolute atomic E-state index is 14.5. The molecule has 1 saturated carbocycles. The number of rotatable bonds is 8. The van der Waals surface area contributed by atoms with E-state index in [1.807, 2.05) is 65.0 Å². The van der Waals surface area contributed by atoms with Crippen molar-refractivity contribution in [1.82, 2.24) is 4.90 Å². The molecule has 14 nitrogen and oxygen atoms in total. The number of piperidine rings is 1. The number of fused-ring (bicyclic) bond motifs is 3. The number of halogens is 3. The summed E-state index contributed by atoms with van der Waals surface area (Å²) < 4.78 is 67.8. The van der Waals surface area contributed by atoms with Crippen LogP contribution in [0.1, 0.15) is 132 Å². The van der Waals surface area contributed by atoms with Crippen LogP contribution in [-0.4, -0.2) is 125 Å². The summed E-state index contributed by atoms with van der Waals surface area (Å²) in [6.07, 6.45) is 7.87. The molecule has 4 aliphatic rings. The minimum atomic E-state index is -4.92. The number of allylic oxidation sites excluding steroid dienone is 6. The zero-order chi connectivity index (χ0) is 54.5. The standard InChI is InChI=1S/C57H83F3N2O12/c1-34-16-11-10-12-17-36(3)45(61-42-18-15-19-43(32-42)74-57(58,59)60)33-44-24-22-40(7)56(69,73-44)53(66)54(67)62-27-14-13-20-46(62)55(68)72-48(37(4)30-41-23-25-47(63)49(31-41)70-8)26-21-35(2)29-39(6)51(65)52(71-9)50(64)38(5)28-34/h10-12,15-19,29,32,34-35,37-38,40-41,44-49,51-52,61,63,65,69H,13-14,20-28,30-31,33H2,1-9H3/b12-10+,16-11+,36-17+,39-29+/t34-,35+,37-,38?,40?,41?,44?,45?,46?,47-,48+,49?,51?,52+,56?/m1/s1. The molecule has 1 aromatic carbocycles. The third-order valence-electron chi connectivity index (χ3n) is 15.7. The topological polar surface area (TPSA) is 190 Å². The Bertz CT molecular complexity index is 2160. The number of Topliss-reactive ketones (excluding diaryl/α,β-unsaturated/α-hetero) is 2. The number of aliphatic hydroxyl groups excluding tert-OH is 2. The second-order valence-corrected chi connectivity index (χ2v) is 21.7. The molecule has 2 saturated heterocycles. The van der Waals surface area contributed by atoms with Crippen LogP contribution < -0.4 is 10.1 Å². The average Bonchev–Trinajstić information content (AvgIpc) is 3.35. The van der Waals surface area contributed by atoms with Gasteiger partial charge in [-0.1, -0.05) is 82.7 Å². The van der Waals surface area contributed by atoms with E-state index in [0.717, 1.165) is 12.0 Å². The molecule has 3 heterocycles. The number of ketones is 2. The number of benzene rings is 1. The quantitative estimate of drug-likeness (QED) is 0.110. The molecule has 9 unspecified atom stereocenters. The lowest BCUT2D eigenvalue weighted by Gasteiger charge is -2.43. The predicted octanol–water partition coefficient (Wildman–Crippen LogP) is 9.37. The highest BCUT2D eigenvalue weighted by Gasteiger charge is 2.53. The third kappa shape index (κ3) is 16.8. The van der Waals surface area contributed by atoms with Crippen molar-refractivity contribution < 1.29 is 71.4 Å². The zero-order valence-corrected chi connectivity index (χ0v) is 44.9. The number of alkyl halides is 3. The minimum Gasteiger partial charge on any atom is -0.461 e. The van der Waals surface area contributed by atoms with Crippen LogP contribution in [-0.2, 0) is 38.1 Å². The number of esters is 1. The van der Waals surface area contributed by atoms with Crippen LogP contribution in [0.25, 0.3) is 0 Å². The number of anilines is 1. The first-order valence-electron chi connectivity index (χ1n) is 26.7. The summed E-state index contributed by atoms with van der Waals surface area (Å²) in [5.41, 5.74) is 1.59. The number of aliphatic hydroxyl groups is 3. The van der Waals surface area contributed by atoms with Crippen molar-refractivity contribution in [2.75, 3.05) is 26.1 Å². The number of cyclic esters (lactones) is 1. The molecule has 74 heavy (non-hydrogen) atoms. The molecule has 2 bridgehead atoms. The van der Waals surface area contributed by atoms with Crippen LogP contribution in [0.3, 0.4) is 0 Å². The monoisotopic (exact) mass is 1040 g/mol. The molecule has 3 fully saturated rings. The highest BCUT2D eigenvalue weighted by molar-refractivity contribution is 6.39. The summed E-state index contributed by atoms with van der Waals surface area (Å²) >= 11 is 0. The van der Waals surface area contributed by atoms with E-state index in [4.69, 9.17) is 18.9 Å². The minimum absolute atomic E-state index is 0.0397. The number of amides is 1. The van der Waals surface area contributed by atoms with E-state index in [0.29, 0.717) is 75.5 Å². The summed E-state index contributed by atoms with van der Waals surface area (Å²) in [6.45, 7) is 13.1. The molecule has 0 spiro atoms. The lowest BCUT2D eigenvalue weighted by Crippen LogP contribution is -2.61. The smallest absolute Gasteiger partial charge is 0.461 e. The number of ether oxygens (including phenoxy) is 5. The van der Waals surface area contributed by atoms with Crippen LogP contribution in [0.5, 0.6) is 5.75 Å². The fraction of sp³-hybridized carbons (Fsp3) is 0.684.